The number of rotatable bonds is 3. The third kappa shape index (κ3) is 3.17. The zero-order chi connectivity index (χ0) is 10.4. The van der Waals surface area contributed by atoms with Gasteiger partial charge in [-0.3, -0.25) is 4.99 Å². The Kier molecular flexibility index (Phi) is 4.11. The Balaban J connectivity index is 2.81. The molecule has 0 spiro atoms. The number of benzene rings is 1. The summed E-state index contributed by atoms with van der Waals surface area (Å²) in [5.41, 5.74) is 3.56. The van der Waals surface area contributed by atoms with Gasteiger partial charge in [0, 0.05) is 11.9 Å². The average molecular weight is 187 g/mol. The summed E-state index contributed by atoms with van der Waals surface area (Å²) in [6.07, 6.45) is 3.01. The molecular weight excluding hydrogens is 170 g/mol. The van der Waals surface area contributed by atoms with Crippen molar-refractivity contribution in [3.05, 3.63) is 47.7 Å². The molecular formula is C13H17N. The van der Waals surface area contributed by atoms with Gasteiger partial charge in [-0.2, -0.15) is 0 Å². The molecule has 0 amide bonds. The lowest BCUT2D eigenvalue weighted by molar-refractivity contribution is 1.09. The van der Waals surface area contributed by atoms with Gasteiger partial charge in [-0.05, 0) is 25.8 Å². The normalized spacial score (nSPS) is 13.1. The predicted molar refractivity (Wildman–Crippen MR) is 62.7 cm³/mol. The molecule has 1 heteroatoms. The monoisotopic (exact) mass is 187 g/mol. The van der Waals surface area contributed by atoms with Gasteiger partial charge in [0.1, 0.15) is 0 Å². The molecule has 0 atom stereocenters. The quantitative estimate of drug-likeness (QED) is 0.638. The fraction of sp³-hybridized carbons (Fsp3) is 0.308. The first kappa shape index (κ1) is 10.7. The Labute approximate surface area is 86.2 Å². The minimum Gasteiger partial charge on any atom is -0.261 e. The van der Waals surface area contributed by atoms with E-state index < -0.39 is 0 Å². The van der Waals surface area contributed by atoms with Gasteiger partial charge in [0.05, 0.1) is 0 Å². The summed E-state index contributed by atoms with van der Waals surface area (Å²) in [6.45, 7) is 6.27. The summed E-state index contributed by atoms with van der Waals surface area (Å²) in [6, 6.07) is 10.2. The number of allylic oxidation sites excluding steroid dienone is 1. The minimum atomic E-state index is 1.06. The van der Waals surface area contributed by atoms with Crippen LogP contribution in [0.15, 0.2) is 47.1 Å². The van der Waals surface area contributed by atoms with Crippen LogP contribution < -0.4 is 0 Å². The summed E-state index contributed by atoms with van der Waals surface area (Å²) >= 11 is 0. The van der Waals surface area contributed by atoms with E-state index in [0.29, 0.717) is 0 Å². The first-order chi connectivity index (χ1) is 6.74. The fourth-order valence-electron chi connectivity index (χ4n) is 1.05. The molecule has 0 aliphatic rings. The van der Waals surface area contributed by atoms with E-state index in [1.165, 1.54) is 11.1 Å². The molecule has 0 unspecified atom stereocenters. The van der Waals surface area contributed by atoms with Crippen molar-refractivity contribution in [2.75, 3.05) is 0 Å². The van der Waals surface area contributed by atoms with Crippen molar-refractivity contribution in [3.63, 3.8) is 0 Å². The number of nitrogens with zero attached hydrogens (tertiary/aromatic N) is 1. The standard InChI is InChI=1S/C13H17N/c1-4-11(2)10-14-12(3)13-8-6-5-7-9-13/h5-10H,4H2,1-3H3/b11-10+,14-12?. The zero-order valence-electron chi connectivity index (χ0n) is 9.12. The molecule has 0 N–H and O–H groups in total. The van der Waals surface area contributed by atoms with Crippen molar-refractivity contribution in [3.8, 4) is 0 Å². The Morgan fingerprint density at radius 1 is 1.21 bits per heavy atom. The van der Waals surface area contributed by atoms with Crippen LogP contribution in [0.25, 0.3) is 0 Å². The van der Waals surface area contributed by atoms with E-state index in [9.17, 15) is 0 Å². The Hall–Kier alpha value is -1.37. The molecule has 1 aromatic carbocycles. The summed E-state index contributed by atoms with van der Waals surface area (Å²) in [5.74, 6) is 0. The maximum Gasteiger partial charge on any atom is 0.0444 e. The molecule has 0 fully saturated rings. The van der Waals surface area contributed by atoms with Gasteiger partial charge < -0.3 is 0 Å². The molecule has 0 saturated heterocycles. The molecule has 0 bridgehead atoms. The van der Waals surface area contributed by atoms with E-state index in [1.54, 1.807) is 0 Å². The van der Waals surface area contributed by atoms with E-state index >= 15 is 0 Å². The van der Waals surface area contributed by atoms with Crippen LogP contribution in [0.5, 0.6) is 0 Å². The zero-order valence-corrected chi connectivity index (χ0v) is 9.12. The molecule has 0 radical (unpaired) electrons. The van der Waals surface area contributed by atoms with Gasteiger partial charge in [0.15, 0.2) is 0 Å². The van der Waals surface area contributed by atoms with Gasteiger partial charge in [0.2, 0.25) is 0 Å². The van der Waals surface area contributed by atoms with Crippen LogP contribution in [0, 0.1) is 0 Å². The van der Waals surface area contributed by atoms with Gasteiger partial charge in [0.25, 0.3) is 0 Å². The summed E-state index contributed by atoms with van der Waals surface area (Å²) < 4.78 is 0. The van der Waals surface area contributed by atoms with Crippen LogP contribution >= 0.6 is 0 Å². The maximum absolute atomic E-state index is 4.42. The molecule has 1 aromatic rings. The maximum atomic E-state index is 4.42. The number of aliphatic imine (C=N–C) groups is 1. The molecule has 0 heterocycles. The molecule has 74 valence electrons. The Morgan fingerprint density at radius 3 is 2.43 bits per heavy atom. The first-order valence-corrected chi connectivity index (χ1v) is 4.99. The van der Waals surface area contributed by atoms with E-state index in [2.05, 4.69) is 31.0 Å². The highest BCUT2D eigenvalue weighted by molar-refractivity contribution is 5.98. The lowest BCUT2D eigenvalue weighted by Gasteiger charge is -1.98. The van der Waals surface area contributed by atoms with Crippen LogP contribution in [0.4, 0.5) is 0 Å². The van der Waals surface area contributed by atoms with E-state index in [4.69, 9.17) is 0 Å². The van der Waals surface area contributed by atoms with Crippen LogP contribution in [-0.2, 0) is 0 Å². The highest BCUT2D eigenvalue weighted by atomic mass is 14.7. The van der Waals surface area contributed by atoms with Gasteiger partial charge in [-0.1, -0.05) is 42.8 Å². The van der Waals surface area contributed by atoms with E-state index in [0.717, 1.165) is 12.1 Å². The van der Waals surface area contributed by atoms with Crippen molar-refractivity contribution in [1.29, 1.82) is 0 Å². The number of hydrogen-bond donors (Lipinski definition) is 0. The largest absolute Gasteiger partial charge is 0.261 e. The second-order valence-corrected chi connectivity index (χ2v) is 3.41. The molecule has 0 aliphatic carbocycles. The van der Waals surface area contributed by atoms with Crippen molar-refractivity contribution in [1.82, 2.24) is 0 Å². The third-order valence-electron chi connectivity index (χ3n) is 2.23. The van der Waals surface area contributed by atoms with E-state index in [-0.39, 0.29) is 0 Å². The molecule has 0 aromatic heterocycles. The van der Waals surface area contributed by atoms with Gasteiger partial charge >= 0.3 is 0 Å². The van der Waals surface area contributed by atoms with Gasteiger partial charge in [-0.15, -0.1) is 0 Å². The van der Waals surface area contributed by atoms with E-state index in [1.807, 2.05) is 31.3 Å². The van der Waals surface area contributed by atoms with Crippen molar-refractivity contribution < 1.29 is 0 Å². The fourth-order valence-corrected chi connectivity index (χ4v) is 1.05. The molecule has 0 saturated carbocycles. The van der Waals surface area contributed by atoms with Crippen molar-refractivity contribution >= 4 is 5.71 Å². The SMILES string of the molecule is CC/C(C)=C/N=C(C)c1ccccc1. The Morgan fingerprint density at radius 2 is 1.86 bits per heavy atom. The predicted octanol–water partition coefficient (Wildman–Crippen LogP) is 3.81. The molecule has 0 aliphatic heterocycles. The molecule has 1 rings (SSSR count). The topological polar surface area (TPSA) is 12.4 Å². The van der Waals surface area contributed by atoms with Crippen LogP contribution in [0.2, 0.25) is 0 Å². The smallest absolute Gasteiger partial charge is 0.0444 e. The summed E-state index contributed by atoms with van der Waals surface area (Å²) in [5, 5.41) is 0. The van der Waals surface area contributed by atoms with Crippen molar-refractivity contribution in [2.24, 2.45) is 4.99 Å². The highest BCUT2D eigenvalue weighted by Crippen LogP contribution is 2.03. The second kappa shape index (κ2) is 5.38. The summed E-state index contributed by atoms with van der Waals surface area (Å²) in [7, 11) is 0. The minimum absolute atomic E-state index is 1.06. The number of hydrogen-bond acceptors (Lipinski definition) is 1. The van der Waals surface area contributed by atoms with Crippen LogP contribution in [0.3, 0.4) is 0 Å². The lowest BCUT2D eigenvalue weighted by atomic mass is 10.1. The average Bonchev–Trinajstić information content (AvgIpc) is 2.26. The Bertz CT molecular complexity index is 334. The van der Waals surface area contributed by atoms with Crippen molar-refractivity contribution in [2.45, 2.75) is 27.2 Å². The highest BCUT2D eigenvalue weighted by Gasteiger charge is 1.92. The molecule has 14 heavy (non-hydrogen) atoms. The van der Waals surface area contributed by atoms with Crippen LogP contribution in [-0.4, -0.2) is 5.71 Å². The van der Waals surface area contributed by atoms with Crippen LogP contribution in [0.1, 0.15) is 32.8 Å². The van der Waals surface area contributed by atoms with Gasteiger partial charge in [-0.25, -0.2) is 0 Å². The third-order valence-corrected chi connectivity index (χ3v) is 2.23. The first-order valence-electron chi connectivity index (χ1n) is 4.99. The summed E-state index contributed by atoms with van der Waals surface area (Å²) in [4.78, 5) is 4.42. The second-order valence-electron chi connectivity index (χ2n) is 3.41. The lowest BCUT2D eigenvalue weighted by Crippen LogP contribution is -1.92. The molecule has 1 nitrogen and oxygen atoms in total.